The van der Waals surface area contributed by atoms with Crippen molar-refractivity contribution >= 4 is 200 Å². The fourth-order valence-corrected chi connectivity index (χ4v) is 13.0. The maximum atomic E-state index is 12.8. The van der Waals surface area contributed by atoms with E-state index in [0.29, 0.717) is 72.6 Å². The maximum Gasteiger partial charge on any atom is 0.293 e. The van der Waals surface area contributed by atoms with Crippen LogP contribution in [0.5, 0.6) is 0 Å². The van der Waals surface area contributed by atoms with E-state index in [2.05, 4.69) is 146 Å². The smallest absolute Gasteiger partial charge is 0.293 e. The van der Waals surface area contributed by atoms with Crippen LogP contribution in [0.2, 0.25) is 0 Å². The van der Waals surface area contributed by atoms with Gasteiger partial charge in [-0.3, -0.25) is 89.5 Å². The first-order valence-electron chi connectivity index (χ1n) is 38.4. The van der Waals surface area contributed by atoms with E-state index >= 15 is 0 Å². The van der Waals surface area contributed by atoms with E-state index in [0.717, 1.165) is 75.1 Å². The first kappa shape index (κ1) is 98.5. The summed E-state index contributed by atoms with van der Waals surface area (Å²) in [7, 11) is 0. The highest BCUT2D eigenvalue weighted by atomic mass is 127. The number of benzene rings is 6. The molecule has 0 atom stereocenters. The average Bonchev–Trinajstić information content (AvgIpc) is 1.27. The summed E-state index contributed by atoms with van der Waals surface area (Å²) in [6, 6.07) is 53.9. The fourth-order valence-electron chi connectivity index (χ4n) is 11.9. The number of pyridine rings is 6. The number of carbonyl (C=O) groups excluding carboxylic acids is 6. The summed E-state index contributed by atoms with van der Waals surface area (Å²) in [5.41, 5.74) is 6.86. The molecule has 0 aliphatic carbocycles. The number of hydrogen-bond donors (Lipinski definition) is 6. The summed E-state index contributed by atoms with van der Waals surface area (Å²) in [4.78, 5) is 164. The second-order valence-corrected chi connectivity index (χ2v) is 31.9. The molecule has 0 bridgehead atoms. The van der Waals surface area contributed by atoms with Crippen molar-refractivity contribution in [1.29, 1.82) is 0 Å². The molecule has 2 fully saturated rings. The van der Waals surface area contributed by atoms with E-state index in [-0.39, 0.29) is 67.5 Å². The van der Waals surface area contributed by atoms with Crippen molar-refractivity contribution in [2.24, 2.45) is 0 Å². The molecular formula is C86H76BrI3N20O19. The predicted octanol–water partition coefficient (Wildman–Crippen LogP) is 18.3. The van der Waals surface area contributed by atoms with Gasteiger partial charge < -0.3 is 46.4 Å². The molecular weight excluding hydrogens is 2080 g/mol. The topological polar surface area (TPSA) is 526 Å². The van der Waals surface area contributed by atoms with E-state index in [9.17, 15) is 89.5 Å². The number of rotatable bonds is 20. The average molecular weight is 2150 g/mol. The predicted molar refractivity (Wildman–Crippen MR) is 510 cm³/mol. The number of ether oxygens (including phenoxy) is 1. The Hall–Kier alpha value is -14.3. The summed E-state index contributed by atoms with van der Waals surface area (Å²) >= 11 is 9.79. The van der Waals surface area contributed by atoms with Crippen LogP contribution in [-0.4, -0.2) is 134 Å². The molecule has 2 aliphatic heterocycles. The highest BCUT2D eigenvalue weighted by Crippen LogP contribution is 2.34. The van der Waals surface area contributed by atoms with Gasteiger partial charge in [0.15, 0.2) is 0 Å². The molecule has 12 aromatic rings. The molecule has 39 nitrogen and oxygen atoms in total. The van der Waals surface area contributed by atoms with Crippen LogP contribution in [0.4, 0.5) is 80.4 Å². The number of halogens is 4. The second-order valence-electron chi connectivity index (χ2n) is 27.6. The number of non-ortho nitro benzene ring substituents is 5. The number of nitro benzene ring substituents is 6. The number of nitrogens with one attached hydrogen (secondary N) is 6. The molecule has 662 valence electrons. The lowest BCUT2D eigenvalue weighted by molar-refractivity contribution is -0.385. The first-order valence-corrected chi connectivity index (χ1v) is 42.4. The molecule has 6 N–H and O–H groups in total. The van der Waals surface area contributed by atoms with Crippen LogP contribution in [0.15, 0.2) is 223 Å². The van der Waals surface area contributed by atoms with Gasteiger partial charge >= 0.3 is 0 Å². The van der Waals surface area contributed by atoms with Crippen molar-refractivity contribution in [2.45, 2.75) is 54.4 Å². The third-order valence-corrected chi connectivity index (χ3v) is 22.5. The minimum atomic E-state index is -0.544. The minimum Gasteiger partial charge on any atom is -0.378 e. The molecule has 129 heavy (non-hydrogen) atoms. The summed E-state index contributed by atoms with van der Waals surface area (Å²) in [6.45, 7) is 15.0. The molecule has 0 radical (unpaired) electrons. The lowest BCUT2D eigenvalue weighted by Gasteiger charge is -2.30. The third-order valence-electron chi connectivity index (χ3n) is 18.2. The van der Waals surface area contributed by atoms with E-state index in [4.69, 9.17) is 4.74 Å². The van der Waals surface area contributed by atoms with Gasteiger partial charge in [-0.2, -0.15) is 0 Å². The maximum absolute atomic E-state index is 12.8. The molecule has 14 rings (SSSR count). The number of morpholine rings is 1. The highest BCUT2D eigenvalue weighted by molar-refractivity contribution is 14.1. The molecule has 2 aliphatic rings. The van der Waals surface area contributed by atoms with Crippen LogP contribution < -0.4 is 41.7 Å². The second kappa shape index (κ2) is 47.3. The van der Waals surface area contributed by atoms with Gasteiger partial charge in [0, 0.05) is 148 Å². The molecule has 43 heteroatoms. The third kappa shape index (κ3) is 29.6. The number of aryl methyl sites for hydroxylation is 6. The fraction of sp³-hybridized carbons (Fsp3) is 0.163. The normalized spacial score (nSPS) is 11.6. The molecule has 2 saturated heterocycles. The van der Waals surface area contributed by atoms with Gasteiger partial charge in [0.2, 0.25) is 0 Å². The number of carbonyl (C=O) groups is 6. The lowest BCUT2D eigenvalue weighted by atomic mass is 10.1. The van der Waals surface area contributed by atoms with E-state index < -0.39 is 65.0 Å². The van der Waals surface area contributed by atoms with Gasteiger partial charge in [-0.1, -0.05) is 30.3 Å². The molecule has 0 unspecified atom stereocenters. The Bertz CT molecular complexity index is 6120. The van der Waals surface area contributed by atoms with Crippen LogP contribution in [0, 0.1) is 113 Å². The standard InChI is InChI=1S/C17H17IN4O4.C17H17IN4O3.C14H13N3O3.C13H10BrN3O3.C13H10IN3O3.C12H9N3O3/c1-11-14(18)3-5-16(19-11)20-17(23)13-10-12(22(24)25)2-4-15(13)21-6-8-26-9-7-21;1-11-13(18)5-7-16(19-11)20-17(23)12-4-6-14(15(10-12)22(24)25)21-8-2-3-9-21;1-9-6-10(2)15-13(7-9)16-14(18)11-4-3-5-12(8-11)17(19)20;2*1-8-11(14)5-6-12(15-8)16-13(18)9-3-2-4-10(7-9)17(19)20;16-12(14-11-6-1-2-7-13-11)9-4-3-5-10(8-9)15(17)18/h2-5,10H,6-9H2,1H3,(H,19,20,23);4-7,10H,2-3,8-9H2,1H3,(H,19,20,23);3-8H,1-2H3,(H,15,16,18);2*2-7H,1H3,(H,15,16,18);1-8H,(H,13,14,16). The Balaban J connectivity index is 0.000000175. The van der Waals surface area contributed by atoms with Crippen molar-refractivity contribution in [2.75, 3.05) is 81.1 Å². The molecule has 0 saturated carbocycles. The van der Waals surface area contributed by atoms with Gasteiger partial charge in [0.1, 0.15) is 40.6 Å². The van der Waals surface area contributed by atoms with E-state index in [1.165, 1.54) is 115 Å². The number of amides is 6. The number of aromatic nitrogens is 6. The Kier molecular flexibility index (Phi) is 36.1. The zero-order valence-electron chi connectivity index (χ0n) is 69.0. The van der Waals surface area contributed by atoms with Crippen LogP contribution in [0.1, 0.15) is 109 Å². The Morgan fingerprint density at radius 3 is 1.09 bits per heavy atom. The lowest BCUT2D eigenvalue weighted by Crippen LogP contribution is -2.37. The van der Waals surface area contributed by atoms with Gasteiger partial charge in [-0.25, -0.2) is 29.9 Å². The van der Waals surface area contributed by atoms with Crippen molar-refractivity contribution in [3.8, 4) is 0 Å². The van der Waals surface area contributed by atoms with Crippen LogP contribution in [0.25, 0.3) is 0 Å². The zero-order chi connectivity index (χ0) is 93.7. The summed E-state index contributed by atoms with van der Waals surface area (Å²) < 4.78 is 9.17. The van der Waals surface area contributed by atoms with E-state index in [1.807, 2.05) is 68.7 Å². The van der Waals surface area contributed by atoms with Crippen LogP contribution in [0.3, 0.4) is 0 Å². The first-order chi connectivity index (χ1) is 61.5. The van der Waals surface area contributed by atoms with Crippen molar-refractivity contribution in [3.63, 3.8) is 0 Å². The Labute approximate surface area is 783 Å². The highest BCUT2D eigenvalue weighted by Gasteiger charge is 2.27. The zero-order valence-corrected chi connectivity index (χ0v) is 77.0. The number of nitrogens with zero attached hydrogens (tertiary/aromatic N) is 14. The molecule has 0 spiro atoms. The van der Waals surface area contributed by atoms with Crippen LogP contribution in [-0.2, 0) is 4.74 Å². The summed E-state index contributed by atoms with van der Waals surface area (Å²) in [5.74, 6) is -0.100. The van der Waals surface area contributed by atoms with Gasteiger partial charge in [0.25, 0.3) is 69.6 Å². The molecule has 8 heterocycles. The molecule has 6 aromatic carbocycles. The summed E-state index contributed by atoms with van der Waals surface area (Å²) in [5, 5.41) is 81.0. The van der Waals surface area contributed by atoms with Crippen molar-refractivity contribution < 1.29 is 63.0 Å². The number of hydrogen-bond acceptors (Lipinski definition) is 27. The minimum absolute atomic E-state index is 0.0405. The van der Waals surface area contributed by atoms with Gasteiger partial charge in [-0.15, -0.1) is 0 Å². The quantitative estimate of drug-likeness (QED) is 0.0234. The van der Waals surface area contributed by atoms with Crippen molar-refractivity contribution in [3.05, 3.63) is 362 Å². The van der Waals surface area contributed by atoms with Gasteiger partial charge in [-0.05, 0) is 259 Å². The van der Waals surface area contributed by atoms with E-state index in [1.54, 1.807) is 85.9 Å². The molecule has 6 amide bonds. The SMILES string of the molecule is Cc1cc(C)nc(NC(=O)c2cccc([N+](=O)[O-])c2)c1.Cc1nc(NC(=O)c2cc([N+](=O)[O-])ccc2N2CCOCC2)ccc1I.Cc1nc(NC(=O)c2ccc(N3CCCC3)c([N+](=O)[O-])c2)ccc1I.Cc1nc(NC(=O)c2cccc([N+](=O)[O-])c2)ccc1Br.Cc1nc(NC(=O)c2cccc([N+](=O)[O-])c2)ccc1I.O=C(Nc1ccccn1)c1cccc([N+](=O)[O-])c1. The number of nitro groups is 6. The Morgan fingerprint density at radius 1 is 0.349 bits per heavy atom. The van der Waals surface area contributed by atoms with Crippen molar-refractivity contribution in [1.82, 2.24) is 29.9 Å². The summed E-state index contributed by atoms with van der Waals surface area (Å²) in [6.07, 6.45) is 3.59. The monoisotopic (exact) mass is 2150 g/mol. The van der Waals surface area contributed by atoms with Gasteiger partial charge in [0.05, 0.1) is 76.8 Å². The molecule has 6 aromatic heterocycles. The Morgan fingerprint density at radius 2 is 0.713 bits per heavy atom. The van der Waals surface area contributed by atoms with Crippen LogP contribution >= 0.6 is 83.7 Å². The number of anilines is 8. The largest absolute Gasteiger partial charge is 0.378 e.